The number of ether oxygens (including phenoxy) is 2. The number of hydrogen-bond donors (Lipinski definition) is 1. The van der Waals surface area contributed by atoms with Gasteiger partial charge in [0.1, 0.15) is 6.61 Å². The van der Waals surface area contributed by atoms with E-state index in [0.717, 1.165) is 26.1 Å². The summed E-state index contributed by atoms with van der Waals surface area (Å²) in [6.07, 6.45) is 0. The Bertz CT molecular complexity index is 961. The molecule has 0 saturated carbocycles. The van der Waals surface area contributed by atoms with Crippen LogP contribution in [0.2, 0.25) is 10.0 Å². The fourth-order valence-electron chi connectivity index (χ4n) is 2.69. The minimum Gasteiger partial charge on any atom is -0.493 e. The van der Waals surface area contributed by atoms with Crippen LogP contribution in [0.5, 0.6) is 11.5 Å². The zero-order valence-corrected chi connectivity index (χ0v) is 19.2. The van der Waals surface area contributed by atoms with Crippen molar-refractivity contribution in [3.63, 3.8) is 0 Å². The highest BCUT2D eigenvalue weighted by Crippen LogP contribution is 2.35. The maximum atomic E-state index is 6.23. The predicted octanol–water partition coefficient (Wildman–Crippen LogP) is 7.11. The smallest absolute Gasteiger partial charge is 0.174 e. The number of benzene rings is 3. The molecule has 0 heterocycles. The van der Waals surface area contributed by atoms with Gasteiger partial charge in [-0.3, -0.25) is 0 Å². The van der Waals surface area contributed by atoms with E-state index >= 15 is 0 Å². The number of nitrogens with one attached hydrogen (secondary N) is 1. The van der Waals surface area contributed by atoms with E-state index in [-0.39, 0.29) is 0 Å². The van der Waals surface area contributed by atoms with Crippen LogP contribution in [-0.4, -0.2) is 7.11 Å². The van der Waals surface area contributed by atoms with Gasteiger partial charge in [0.15, 0.2) is 11.5 Å². The van der Waals surface area contributed by atoms with Crippen LogP contribution in [0.4, 0.5) is 5.69 Å². The molecule has 0 unspecified atom stereocenters. The first-order valence-corrected chi connectivity index (χ1v) is 10.5. The van der Waals surface area contributed by atoms with Crippen molar-refractivity contribution in [2.75, 3.05) is 12.4 Å². The van der Waals surface area contributed by atoms with E-state index in [9.17, 15) is 0 Å². The van der Waals surface area contributed by atoms with Crippen LogP contribution in [0.15, 0.2) is 54.6 Å². The van der Waals surface area contributed by atoms with Crippen LogP contribution >= 0.6 is 45.8 Å². The average molecular weight is 528 g/mol. The number of aryl methyl sites for hydroxylation is 1. The van der Waals surface area contributed by atoms with Gasteiger partial charge in [0, 0.05) is 11.6 Å². The highest BCUT2D eigenvalue weighted by Gasteiger charge is 2.12. The Morgan fingerprint density at radius 3 is 2.39 bits per heavy atom. The molecule has 0 atom stereocenters. The summed E-state index contributed by atoms with van der Waals surface area (Å²) in [6.45, 7) is 3.16. The monoisotopic (exact) mass is 527 g/mol. The van der Waals surface area contributed by atoms with E-state index < -0.39 is 0 Å². The van der Waals surface area contributed by atoms with Crippen LogP contribution in [0, 0.1) is 10.5 Å². The zero-order valence-electron chi connectivity index (χ0n) is 15.6. The van der Waals surface area contributed by atoms with Gasteiger partial charge in [-0.05, 0) is 71.0 Å². The lowest BCUT2D eigenvalue weighted by Crippen LogP contribution is -2.04. The fraction of sp³-hybridized carbons (Fsp3) is 0.182. The lowest BCUT2D eigenvalue weighted by molar-refractivity contribution is 0.282. The predicted molar refractivity (Wildman–Crippen MR) is 125 cm³/mol. The summed E-state index contributed by atoms with van der Waals surface area (Å²) in [5.41, 5.74) is 4.25. The van der Waals surface area contributed by atoms with Crippen LogP contribution in [0.1, 0.15) is 16.7 Å². The molecule has 0 amide bonds. The second-order valence-electron chi connectivity index (χ2n) is 6.36. The Kier molecular flexibility index (Phi) is 7.32. The lowest BCUT2D eigenvalue weighted by atomic mass is 10.1. The first kappa shape index (κ1) is 21.1. The fourth-order valence-corrected chi connectivity index (χ4v) is 3.98. The van der Waals surface area contributed by atoms with E-state index in [1.54, 1.807) is 13.2 Å². The number of rotatable bonds is 7. The van der Waals surface area contributed by atoms with E-state index in [0.29, 0.717) is 28.9 Å². The quantitative estimate of drug-likeness (QED) is 0.332. The van der Waals surface area contributed by atoms with Crippen molar-refractivity contribution in [3.05, 3.63) is 84.9 Å². The summed E-state index contributed by atoms with van der Waals surface area (Å²) in [5, 5.41) is 4.53. The Morgan fingerprint density at radius 1 is 0.964 bits per heavy atom. The van der Waals surface area contributed by atoms with Crippen LogP contribution in [0.25, 0.3) is 0 Å². The molecule has 1 N–H and O–H groups in total. The normalized spacial score (nSPS) is 10.6. The summed E-state index contributed by atoms with van der Waals surface area (Å²) >= 11 is 14.4. The van der Waals surface area contributed by atoms with Gasteiger partial charge in [-0.25, -0.2) is 0 Å². The van der Waals surface area contributed by atoms with Gasteiger partial charge >= 0.3 is 0 Å². The zero-order chi connectivity index (χ0) is 20.1. The van der Waals surface area contributed by atoms with Gasteiger partial charge in [0.25, 0.3) is 0 Å². The van der Waals surface area contributed by atoms with Crippen molar-refractivity contribution in [1.29, 1.82) is 0 Å². The van der Waals surface area contributed by atoms with Gasteiger partial charge in [-0.15, -0.1) is 0 Å². The van der Waals surface area contributed by atoms with Crippen LogP contribution in [0.3, 0.4) is 0 Å². The van der Waals surface area contributed by atoms with Crippen LogP contribution in [-0.2, 0) is 13.2 Å². The SMILES string of the molecule is COc1cc(CNc2ccc(Cl)cc2Cl)cc(I)c1OCc1ccc(C)cc1. The Hall–Kier alpha value is -1.63. The molecule has 0 saturated heterocycles. The summed E-state index contributed by atoms with van der Waals surface area (Å²) in [5.74, 6) is 1.45. The summed E-state index contributed by atoms with van der Waals surface area (Å²) in [4.78, 5) is 0. The van der Waals surface area contributed by atoms with Gasteiger partial charge in [-0.1, -0.05) is 53.0 Å². The summed E-state index contributed by atoms with van der Waals surface area (Å²) < 4.78 is 12.6. The van der Waals surface area contributed by atoms with Crippen molar-refractivity contribution in [2.24, 2.45) is 0 Å². The first-order valence-electron chi connectivity index (χ1n) is 8.70. The highest BCUT2D eigenvalue weighted by atomic mass is 127. The molecule has 0 aliphatic heterocycles. The molecule has 3 aromatic carbocycles. The Labute approximate surface area is 189 Å². The van der Waals surface area contributed by atoms with Gasteiger partial charge in [-0.2, -0.15) is 0 Å². The maximum Gasteiger partial charge on any atom is 0.174 e. The number of methoxy groups -OCH3 is 1. The second-order valence-corrected chi connectivity index (χ2v) is 8.37. The Balaban J connectivity index is 1.72. The molecule has 28 heavy (non-hydrogen) atoms. The lowest BCUT2D eigenvalue weighted by Gasteiger charge is -2.15. The molecule has 3 rings (SSSR count). The van der Waals surface area contributed by atoms with Crippen molar-refractivity contribution >= 4 is 51.5 Å². The van der Waals surface area contributed by atoms with Crippen LogP contribution < -0.4 is 14.8 Å². The molecule has 6 heteroatoms. The highest BCUT2D eigenvalue weighted by molar-refractivity contribution is 14.1. The van der Waals surface area contributed by atoms with Gasteiger partial charge in [0.2, 0.25) is 0 Å². The minimum absolute atomic E-state index is 0.491. The molecule has 146 valence electrons. The third-order valence-electron chi connectivity index (χ3n) is 4.21. The molecule has 0 aromatic heterocycles. The third-order valence-corrected chi connectivity index (χ3v) is 5.56. The second kappa shape index (κ2) is 9.72. The van der Waals surface area contributed by atoms with E-state index in [2.05, 4.69) is 65.2 Å². The van der Waals surface area contributed by atoms with Crippen molar-refractivity contribution in [3.8, 4) is 11.5 Å². The van der Waals surface area contributed by atoms with Gasteiger partial charge in [0.05, 0.1) is 21.4 Å². The molecular formula is C22H20Cl2INO2. The minimum atomic E-state index is 0.491. The number of hydrogen-bond acceptors (Lipinski definition) is 3. The van der Waals surface area contributed by atoms with Crippen molar-refractivity contribution in [1.82, 2.24) is 0 Å². The number of halogens is 3. The summed E-state index contributed by atoms with van der Waals surface area (Å²) in [6, 6.07) is 17.8. The van der Waals surface area contributed by atoms with E-state index in [1.807, 2.05) is 18.2 Å². The molecule has 0 bridgehead atoms. The number of anilines is 1. The molecule has 0 spiro atoms. The average Bonchev–Trinajstić information content (AvgIpc) is 2.67. The molecule has 3 aromatic rings. The molecule has 0 aliphatic carbocycles. The Morgan fingerprint density at radius 2 is 1.71 bits per heavy atom. The van der Waals surface area contributed by atoms with E-state index in [1.165, 1.54) is 5.56 Å². The maximum absolute atomic E-state index is 6.23. The first-order chi connectivity index (χ1) is 13.5. The summed E-state index contributed by atoms with van der Waals surface area (Å²) in [7, 11) is 1.65. The molecular weight excluding hydrogens is 508 g/mol. The molecule has 0 aliphatic rings. The molecule has 0 fully saturated rings. The molecule has 0 radical (unpaired) electrons. The topological polar surface area (TPSA) is 30.5 Å². The largest absolute Gasteiger partial charge is 0.493 e. The van der Waals surface area contributed by atoms with Gasteiger partial charge < -0.3 is 14.8 Å². The van der Waals surface area contributed by atoms with Crippen molar-refractivity contribution < 1.29 is 9.47 Å². The third kappa shape index (κ3) is 5.46. The van der Waals surface area contributed by atoms with E-state index in [4.69, 9.17) is 32.7 Å². The molecule has 3 nitrogen and oxygen atoms in total. The van der Waals surface area contributed by atoms with Crippen molar-refractivity contribution in [2.45, 2.75) is 20.1 Å². The standard InChI is InChI=1S/C22H20Cl2INO2/c1-14-3-5-15(6-4-14)13-28-22-19(25)9-16(10-21(22)27-2)12-26-20-8-7-17(23)11-18(20)24/h3-11,26H,12-13H2,1-2H3.